The number of para-hydroxylation sites is 2. The van der Waals surface area contributed by atoms with Crippen LogP contribution in [0.5, 0.6) is 5.75 Å². The number of H-pyrrole nitrogens is 1. The van der Waals surface area contributed by atoms with E-state index in [2.05, 4.69) is 30.3 Å². The van der Waals surface area contributed by atoms with E-state index in [1.807, 2.05) is 24.3 Å². The zero-order chi connectivity index (χ0) is 16.1. The van der Waals surface area contributed by atoms with E-state index >= 15 is 0 Å². The molecule has 3 rings (SSSR count). The quantitative estimate of drug-likeness (QED) is 0.582. The largest absolute Gasteiger partial charge is 0.506 e. The van der Waals surface area contributed by atoms with Gasteiger partial charge in [0.2, 0.25) is 0 Å². The number of aromatic nitrogens is 2. The molecule has 1 aromatic heterocycles. The first kappa shape index (κ1) is 15.2. The van der Waals surface area contributed by atoms with E-state index in [1.165, 1.54) is 0 Å². The van der Waals surface area contributed by atoms with Crippen molar-refractivity contribution in [1.82, 2.24) is 20.4 Å². The van der Waals surface area contributed by atoms with Crippen molar-refractivity contribution in [3.05, 3.63) is 42.2 Å². The fraction of sp³-hybridized carbons (Fsp3) is 0.375. The number of phenols is 1. The van der Waals surface area contributed by atoms with Crippen LogP contribution in [0.1, 0.15) is 5.69 Å². The second-order valence-corrected chi connectivity index (χ2v) is 5.45. The first-order chi connectivity index (χ1) is 11.3. The summed E-state index contributed by atoms with van der Waals surface area (Å²) in [5.41, 5.74) is 1.92. The van der Waals surface area contributed by atoms with Gasteiger partial charge in [-0.3, -0.25) is 10.1 Å². The number of guanidine groups is 1. The van der Waals surface area contributed by atoms with E-state index in [0.717, 1.165) is 43.5 Å². The van der Waals surface area contributed by atoms with Gasteiger partial charge in [0.25, 0.3) is 0 Å². The van der Waals surface area contributed by atoms with Crippen molar-refractivity contribution in [2.45, 2.75) is 6.54 Å². The van der Waals surface area contributed by atoms with Crippen molar-refractivity contribution in [3.63, 3.8) is 0 Å². The molecule has 0 atom stereocenters. The van der Waals surface area contributed by atoms with Crippen LogP contribution in [0.25, 0.3) is 0 Å². The number of hydrogen-bond acceptors (Lipinski definition) is 4. The molecule has 1 aliphatic heterocycles. The van der Waals surface area contributed by atoms with Gasteiger partial charge in [0, 0.05) is 39.4 Å². The summed E-state index contributed by atoms with van der Waals surface area (Å²) in [4.78, 5) is 8.79. The number of phenolic OH excluding ortho intramolecular Hbond substituents is 1. The molecule has 23 heavy (non-hydrogen) atoms. The van der Waals surface area contributed by atoms with Gasteiger partial charge < -0.3 is 20.2 Å². The summed E-state index contributed by atoms with van der Waals surface area (Å²) in [6.45, 7) is 4.09. The molecule has 0 bridgehead atoms. The third-order valence-corrected chi connectivity index (χ3v) is 4.01. The Morgan fingerprint density at radius 2 is 2.04 bits per heavy atom. The van der Waals surface area contributed by atoms with Gasteiger partial charge in [-0.05, 0) is 18.2 Å². The number of anilines is 1. The summed E-state index contributed by atoms with van der Waals surface area (Å²) < 4.78 is 0. The molecular weight excluding hydrogens is 292 g/mol. The standard InChI is InChI=1S/C16H22N6O/c1-17-16(18-12-13-6-7-19-20-13)22-10-8-21(9-11-22)14-4-2-3-5-15(14)23/h2-7,23H,8-12H2,1H3,(H,17,18)(H,19,20). The highest BCUT2D eigenvalue weighted by Crippen LogP contribution is 2.27. The van der Waals surface area contributed by atoms with Crippen LogP contribution in [0.3, 0.4) is 0 Å². The number of nitrogens with one attached hydrogen (secondary N) is 2. The van der Waals surface area contributed by atoms with Crippen LogP contribution in [-0.2, 0) is 6.54 Å². The molecule has 2 heterocycles. The Kier molecular flexibility index (Phi) is 4.65. The normalized spacial score (nSPS) is 15.8. The van der Waals surface area contributed by atoms with E-state index in [1.54, 1.807) is 19.3 Å². The molecule has 0 radical (unpaired) electrons. The molecule has 0 aliphatic carbocycles. The number of hydrogen-bond donors (Lipinski definition) is 3. The SMILES string of the molecule is CN=C(NCc1ccn[nH]1)N1CCN(c2ccccc2O)CC1. The number of rotatable bonds is 3. The van der Waals surface area contributed by atoms with Gasteiger partial charge >= 0.3 is 0 Å². The molecule has 0 amide bonds. The zero-order valence-corrected chi connectivity index (χ0v) is 13.2. The van der Waals surface area contributed by atoms with Crippen molar-refractivity contribution in [1.29, 1.82) is 0 Å². The average molecular weight is 314 g/mol. The van der Waals surface area contributed by atoms with E-state index in [9.17, 15) is 5.11 Å². The summed E-state index contributed by atoms with van der Waals surface area (Å²) in [5, 5.41) is 20.2. The number of piperazine rings is 1. The van der Waals surface area contributed by atoms with E-state index < -0.39 is 0 Å². The van der Waals surface area contributed by atoms with Crippen LogP contribution >= 0.6 is 0 Å². The Balaban J connectivity index is 1.56. The first-order valence-corrected chi connectivity index (χ1v) is 7.74. The Bertz CT molecular complexity index is 646. The molecule has 0 unspecified atom stereocenters. The van der Waals surface area contributed by atoms with Crippen LogP contribution in [0, 0.1) is 0 Å². The van der Waals surface area contributed by atoms with E-state index in [0.29, 0.717) is 12.3 Å². The van der Waals surface area contributed by atoms with Gasteiger partial charge in [-0.25, -0.2) is 0 Å². The Morgan fingerprint density at radius 3 is 2.70 bits per heavy atom. The molecule has 1 fully saturated rings. The number of nitrogens with zero attached hydrogens (tertiary/aromatic N) is 4. The van der Waals surface area contributed by atoms with Crippen LogP contribution < -0.4 is 10.2 Å². The van der Waals surface area contributed by atoms with Crippen molar-refractivity contribution < 1.29 is 5.11 Å². The summed E-state index contributed by atoms with van der Waals surface area (Å²) in [7, 11) is 1.80. The maximum absolute atomic E-state index is 9.97. The van der Waals surface area contributed by atoms with E-state index in [4.69, 9.17) is 0 Å². The third kappa shape index (κ3) is 3.56. The monoisotopic (exact) mass is 314 g/mol. The van der Waals surface area contributed by atoms with Crippen molar-refractivity contribution in [3.8, 4) is 5.75 Å². The molecule has 1 saturated heterocycles. The summed E-state index contributed by atoms with van der Waals surface area (Å²) in [6, 6.07) is 9.42. The van der Waals surface area contributed by atoms with Gasteiger partial charge in [0.15, 0.2) is 5.96 Å². The number of benzene rings is 1. The van der Waals surface area contributed by atoms with Crippen LogP contribution in [0.15, 0.2) is 41.5 Å². The minimum Gasteiger partial charge on any atom is -0.506 e. The predicted molar refractivity (Wildman–Crippen MR) is 90.7 cm³/mol. The van der Waals surface area contributed by atoms with Gasteiger partial charge in [-0.15, -0.1) is 0 Å². The van der Waals surface area contributed by atoms with Gasteiger partial charge in [-0.2, -0.15) is 5.10 Å². The molecule has 7 nitrogen and oxygen atoms in total. The van der Waals surface area contributed by atoms with Crippen LogP contribution in [0.4, 0.5) is 5.69 Å². The van der Waals surface area contributed by atoms with Gasteiger partial charge in [0.05, 0.1) is 17.9 Å². The number of aromatic hydroxyl groups is 1. The maximum Gasteiger partial charge on any atom is 0.194 e. The average Bonchev–Trinajstić information content (AvgIpc) is 3.10. The lowest BCUT2D eigenvalue weighted by atomic mass is 10.2. The molecule has 0 saturated carbocycles. The second-order valence-electron chi connectivity index (χ2n) is 5.45. The minimum atomic E-state index is 0.336. The summed E-state index contributed by atoms with van der Waals surface area (Å²) in [6.07, 6.45) is 1.74. The minimum absolute atomic E-state index is 0.336. The molecule has 1 aliphatic rings. The third-order valence-electron chi connectivity index (χ3n) is 4.01. The van der Waals surface area contributed by atoms with Crippen LogP contribution in [0.2, 0.25) is 0 Å². The van der Waals surface area contributed by atoms with E-state index in [-0.39, 0.29) is 0 Å². The lowest BCUT2D eigenvalue weighted by Crippen LogP contribution is -2.52. The molecule has 122 valence electrons. The first-order valence-electron chi connectivity index (χ1n) is 7.74. The smallest absolute Gasteiger partial charge is 0.194 e. The fourth-order valence-corrected chi connectivity index (χ4v) is 2.78. The van der Waals surface area contributed by atoms with Gasteiger partial charge in [-0.1, -0.05) is 12.1 Å². The molecule has 0 spiro atoms. The zero-order valence-electron chi connectivity index (χ0n) is 13.2. The second kappa shape index (κ2) is 7.04. The van der Waals surface area contributed by atoms with Gasteiger partial charge in [0.1, 0.15) is 5.75 Å². The lowest BCUT2D eigenvalue weighted by Gasteiger charge is -2.37. The summed E-state index contributed by atoms with van der Waals surface area (Å²) >= 11 is 0. The molecule has 2 aromatic rings. The number of aromatic amines is 1. The highest BCUT2D eigenvalue weighted by molar-refractivity contribution is 5.80. The molecule has 7 heteroatoms. The Labute approximate surface area is 135 Å². The fourth-order valence-electron chi connectivity index (χ4n) is 2.78. The highest BCUT2D eigenvalue weighted by Gasteiger charge is 2.21. The topological polar surface area (TPSA) is 79.8 Å². The Hall–Kier alpha value is -2.70. The van der Waals surface area contributed by atoms with Crippen LogP contribution in [-0.4, -0.2) is 59.4 Å². The van der Waals surface area contributed by atoms with Crippen molar-refractivity contribution in [2.75, 3.05) is 38.1 Å². The molecular formula is C16H22N6O. The molecule has 1 aromatic carbocycles. The molecule has 3 N–H and O–H groups in total. The Morgan fingerprint density at radius 1 is 1.26 bits per heavy atom. The van der Waals surface area contributed by atoms with Crippen molar-refractivity contribution in [2.24, 2.45) is 4.99 Å². The highest BCUT2D eigenvalue weighted by atomic mass is 16.3. The number of aliphatic imine (C=N–C) groups is 1. The lowest BCUT2D eigenvalue weighted by molar-refractivity contribution is 0.369. The van der Waals surface area contributed by atoms with Crippen molar-refractivity contribution >= 4 is 11.6 Å². The predicted octanol–water partition coefficient (Wildman–Crippen LogP) is 1.01. The maximum atomic E-state index is 9.97. The summed E-state index contributed by atoms with van der Waals surface area (Å²) in [5.74, 6) is 1.22.